The number of anilines is 1. The molecule has 0 saturated heterocycles. The molecule has 5 nitrogen and oxygen atoms in total. The number of nitrogens with two attached hydrogens (primary N) is 1. The van der Waals surface area contributed by atoms with Crippen LogP contribution in [0.4, 0.5) is 5.82 Å². The molecule has 27 heavy (non-hydrogen) atoms. The van der Waals surface area contributed by atoms with E-state index in [1.807, 2.05) is 0 Å². The maximum atomic E-state index is 10.7. The van der Waals surface area contributed by atoms with Crippen LogP contribution in [0.15, 0.2) is 30.7 Å². The van der Waals surface area contributed by atoms with Gasteiger partial charge in [0.2, 0.25) is 0 Å². The topological polar surface area (TPSA) is 84.1 Å². The van der Waals surface area contributed by atoms with Gasteiger partial charge in [-0.1, -0.05) is 54.7 Å². The maximum Gasteiger partial charge on any atom is 0.144 e. The van der Waals surface area contributed by atoms with E-state index in [2.05, 4.69) is 62.0 Å². The van der Waals surface area contributed by atoms with Gasteiger partial charge >= 0.3 is 0 Å². The van der Waals surface area contributed by atoms with Crippen molar-refractivity contribution in [3.8, 4) is 5.75 Å². The van der Waals surface area contributed by atoms with Crippen molar-refractivity contribution in [2.75, 3.05) is 24.2 Å². The van der Waals surface area contributed by atoms with Crippen molar-refractivity contribution in [1.29, 1.82) is 0 Å². The first kappa shape index (κ1) is 21.6. The van der Waals surface area contributed by atoms with E-state index in [4.69, 9.17) is 5.73 Å². The van der Waals surface area contributed by atoms with Crippen molar-refractivity contribution in [2.24, 2.45) is 5.73 Å². The second-order valence-electron chi connectivity index (χ2n) is 7.74. The van der Waals surface area contributed by atoms with Crippen LogP contribution in [0.25, 0.3) is 0 Å². The number of nitrogens with one attached hydrogen (secondary N) is 1. The highest BCUT2D eigenvalue weighted by Crippen LogP contribution is 2.51. The minimum absolute atomic E-state index is 0.145. The summed E-state index contributed by atoms with van der Waals surface area (Å²) in [6, 6.07) is 4.27. The summed E-state index contributed by atoms with van der Waals surface area (Å²) in [6.07, 6.45) is 7.44. The quantitative estimate of drug-likeness (QED) is 0.575. The molecule has 0 aliphatic carbocycles. The number of rotatable bonds is 8. The first-order valence-corrected chi connectivity index (χ1v) is 11.4. The lowest BCUT2D eigenvalue weighted by atomic mass is 9.83. The van der Waals surface area contributed by atoms with E-state index in [0.29, 0.717) is 18.0 Å². The van der Waals surface area contributed by atoms with Crippen LogP contribution in [0.1, 0.15) is 57.0 Å². The molecule has 0 fully saturated rings. The van der Waals surface area contributed by atoms with Crippen LogP contribution in [0.2, 0.25) is 0 Å². The lowest BCUT2D eigenvalue weighted by molar-refractivity contribution is 0.440. The largest absolute Gasteiger partial charge is 0.507 e. The van der Waals surface area contributed by atoms with Gasteiger partial charge < -0.3 is 16.2 Å². The van der Waals surface area contributed by atoms with Crippen LogP contribution in [0.5, 0.6) is 5.75 Å². The SMILES string of the molecule is CCP(CC)C(CNc1cnccn1)c1cc(CN)c(O)c(C(C)(C)C)c1. The van der Waals surface area contributed by atoms with Crippen molar-refractivity contribution < 1.29 is 5.11 Å². The highest BCUT2D eigenvalue weighted by Gasteiger charge is 2.26. The molecule has 1 unspecified atom stereocenters. The molecule has 0 radical (unpaired) electrons. The van der Waals surface area contributed by atoms with Gasteiger partial charge in [-0.2, -0.15) is 0 Å². The van der Waals surface area contributed by atoms with E-state index in [1.165, 1.54) is 5.56 Å². The summed E-state index contributed by atoms with van der Waals surface area (Å²) in [5.74, 6) is 1.13. The number of hydrogen-bond donors (Lipinski definition) is 3. The fraction of sp³-hybridized carbons (Fsp3) is 0.524. The van der Waals surface area contributed by atoms with Crippen molar-refractivity contribution in [3.05, 3.63) is 47.4 Å². The molecule has 1 aromatic heterocycles. The van der Waals surface area contributed by atoms with Crippen molar-refractivity contribution in [1.82, 2.24) is 9.97 Å². The standard InChI is InChI=1S/C21H33N4OP/c1-6-27(7-2)18(13-25-19-14-23-8-9-24-19)15-10-16(12-22)20(26)17(11-15)21(3,4)5/h8-11,14,18,26H,6-7,12-13,22H2,1-5H3,(H,24,25). The maximum absolute atomic E-state index is 10.7. The Balaban J connectivity index is 2.44. The molecule has 1 heterocycles. The summed E-state index contributed by atoms with van der Waals surface area (Å²) in [4.78, 5) is 8.47. The normalized spacial score (nSPS) is 13.0. The Hall–Kier alpha value is -1.71. The number of phenolic OH excluding ortho intramolecular Hbond substituents is 1. The van der Waals surface area contributed by atoms with Gasteiger partial charge in [0.25, 0.3) is 0 Å². The molecule has 0 aliphatic heterocycles. The monoisotopic (exact) mass is 388 g/mol. The van der Waals surface area contributed by atoms with Gasteiger partial charge in [-0.15, -0.1) is 0 Å². The molecule has 0 saturated carbocycles. The highest BCUT2D eigenvalue weighted by atomic mass is 31.1. The van der Waals surface area contributed by atoms with Crippen LogP contribution >= 0.6 is 7.92 Å². The molecular formula is C21H33N4OP. The van der Waals surface area contributed by atoms with Gasteiger partial charge in [0, 0.05) is 36.7 Å². The average Bonchev–Trinajstić information content (AvgIpc) is 2.65. The molecule has 0 amide bonds. The lowest BCUT2D eigenvalue weighted by Gasteiger charge is -2.30. The number of nitrogens with zero attached hydrogens (tertiary/aromatic N) is 2. The van der Waals surface area contributed by atoms with Crippen molar-refractivity contribution in [2.45, 2.75) is 52.2 Å². The van der Waals surface area contributed by atoms with E-state index in [1.54, 1.807) is 18.6 Å². The Labute approximate surface area is 164 Å². The summed E-state index contributed by atoms with van der Waals surface area (Å²) in [5, 5.41) is 14.1. The van der Waals surface area contributed by atoms with Crippen LogP contribution in [-0.4, -0.2) is 33.9 Å². The Morgan fingerprint density at radius 2 is 1.89 bits per heavy atom. The first-order chi connectivity index (χ1) is 12.8. The molecule has 6 heteroatoms. The minimum Gasteiger partial charge on any atom is -0.507 e. The second kappa shape index (κ2) is 9.48. The van der Waals surface area contributed by atoms with Crippen molar-refractivity contribution in [3.63, 3.8) is 0 Å². The summed E-state index contributed by atoms with van der Waals surface area (Å²) in [6.45, 7) is 12.0. The van der Waals surface area contributed by atoms with Gasteiger partial charge in [0.1, 0.15) is 11.6 Å². The van der Waals surface area contributed by atoms with Crippen LogP contribution < -0.4 is 11.1 Å². The Morgan fingerprint density at radius 1 is 1.19 bits per heavy atom. The lowest BCUT2D eigenvalue weighted by Crippen LogP contribution is -2.18. The third-order valence-electron chi connectivity index (χ3n) is 4.92. The van der Waals surface area contributed by atoms with E-state index >= 15 is 0 Å². The third-order valence-corrected chi connectivity index (χ3v) is 7.90. The number of aromatic hydroxyl groups is 1. The van der Waals surface area contributed by atoms with Gasteiger partial charge in [-0.05, 0) is 28.9 Å². The molecule has 2 rings (SSSR count). The van der Waals surface area contributed by atoms with E-state index in [9.17, 15) is 5.11 Å². The smallest absolute Gasteiger partial charge is 0.144 e. The van der Waals surface area contributed by atoms with E-state index < -0.39 is 0 Å². The summed E-state index contributed by atoms with van der Waals surface area (Å²) in [7, 11) is -0.201. The van der Waals surface area contributed by atoms with E-state index in [0.717, 1.165) is 35.8 Å². The molecule has 0 spiro atoms. The number of hydrogen-bond acceptors (Lipinski definition) is 5. The zero-order chi connectivity index (χ0) is 20.0. The molecule has 0 aliphatic rings. The van der Waals surface area contributed by atoms with Crippen LogP contribution in [0, 0.1) is 0 Å². The molecule has 1 aromatic carbocycles. The number of aromatic nitrogens is 2. The third kappa shape index (κ3) is 5.40. The molecule has 1 atom stereocenters. The predicted molar refractivity (Wildman–Crippen MR) is 116 cm³/mol. The highest BCUT2D eigenvalue weighted by molar-refractivity contribution is 7.58. The average molecular weight is 388 g/mol. The molecular weight excluding hydrogens is 355 g/mol. The van der Waals surface area contributed by atoms with Crippen LogP contribution in [0.3, 0.4) is 0 Å². The Morgan fingerprint density at radius 3 is 2.41 bits per heavy atom. The van der Waals surface area contributed by atoms with E-state index in [-0.39, 0.29) is 13.3 Å². The Bertz CT molecular complexity index is 727. The molecule has 0 bridgehead atoms. The second-order valence-corrected chi connectivity index (χ2v) is 10.8. The molecule has 4 N–H and O–H groups in total. The fourth-order valence-electron chi connectivity index (χ4n) is 3.35. The number of benzene rings is 1. The number of phenols is 1. The minimum atomic E-state index is -0.201. The first-order valence-electron chi connectivity index (χ1n) is 9.62. The predicted octanol–water partition coefficient (Wildman–Crippen LogP) is 4.61. The van der Waals surface area contributed by atoms with Gasteiger partial charge in [0.05, 0.1) is 6.20 Å². The Kier molecular flexibility index (Phi) is 7.58. The van der Waals surface area contributed by atoms with Crippen molar-refractivity contribution >= 4 is 13.7 Å². The van der Waals surface area contributed by atoms with Crippen LogP contribution in [-0.2, 0) is 12.0 Å². The summed E-state index contributed by atoms with van der Waals surface area (Å²) < 4.78 is 0. The van der Waals surface area contributed by atoms with Gasteiger partial charge in [-0.3, -0.25) is 4.98 Å². The fourth-order valence-corrected chi connectivity index (χ4v) is 5.60. The summed E-state index contributed by atoms with van der Waals surface area (Å²) >= 11 is 0. The zero-order valence-corrected chi connectivity index (χ0v) is 18.1. The molecule has 148 valence electrons. The van der Waals surface area contributed by atoms with Gasteiger partial charge in [0.15, 0.2) is 0 Å². The molecule has 2 aromatic rings. The van der Waals surface area contributed by atoms with Gasteiger partial charge in [-0.25, -0.2) is 4.98 Å². The zero-order valence-electron chi connectivity index (χ0n) is 17.2. The summed E-state index contributed by atoms with van der Waals surface area (Å²) in [5.41, 5.74) is 9.21.